The minimum absolute atomic E-state index is 0.0522. The van der Waals surface area contributed by atoms with Crippen molar-refractivity contribution >= 4 is 32.6 Å². The van der Waals surface area contributed by atoms with E-state index in [0.717, 1.165) is 52.9 Å². The predicted octanol–water partition coefficient (Wildman–Crippen LogP) is 3.33. The average molecular weight is 410 g/mol. The van der Waals surface area contributed by atoms with E-state index in [2.05, 4.69) is 17.0 Å². The van der Waals surface area contributed by atoms with Crippen LogP contribution in [0.25, 0.3) is 10.2 Å². The first kappa shape index (κ1) is 18.2. The van der Waals surface area contributed by atoms with E-state index in [0.29, 0.717) is 6.54 Å². The molecule has 150 valence electrons. The average Bonchev–Trinajstić information content (AvgIpc) is 3.14. The largest absolute Gasteiger partial charge is 0.497 e. The molecule has 3 aromatic rings. The Morgan fingerprint density at radius 3 is 2.62 bits per heavy atom. The highest BCUT2D eigenvalue weighted by molar-refractivity contribution is 7.22. The predicted molar refractivity (Wildman–Crippen MR) is 114 cm³/mol. The van der Waals surface area contributed by atoms with E-state index < -0.39 is 0 Å². The lowest BCUT2D eigenvalue weighted by Crippen LogP contribution is -2.55. The van der Waals surface area contributed by atoms with Gasteiger partial charge in [0.1, 0.15) is 11.5 Å². The number of carbonyl (C=O) groups excluding carboxylic acids is 1. The monoisotopic (exact) mass is 409 g/mol. The number of benzene rings is 2. The van der Waals surface area contributed by atoms with Crippen molar-refractivity contribution in [3.8, 4) is 11.5 Å². The van der Waals surface area contributed by atoms with E-state index in [9.17, 15) is 4.79 Å². The number of amides is 1. The lowest BCUT2D eigenvalue weighted by atomic mass is 9.95. The number of anilines is 1. The molecule has 3 heterocycles. The number of hydrogen-bond acceptors (Lipinski definition) is 6. The van der Waals surface area contributed by atoms with Crippen molar-refractivity contribution in [1.29, 1.82) is 0 Å². The second-order valence-corrected chi connectivity index (χ2v) is 8.59. The number of hydrogen-bond donors (Lipinski definition) is 0. The number of carbonyl (C=O) groups is 1. The van der Waals surface area contributed by atoms with E-state index >= 15 is 0 Å². The highest BCUT2D eigenvalue weighted by Gasteiger charge is 2.37. The normalized spacial score (nSPS) is 16.5. The third kappa shape index (κ3) is 3.29. The van der Waals surface area contributed by atoms with Crippen LogP contribution >= 0.6 is 11.3 Å². The van der Waals surface area contributed by atoms with E-state index in [1.807, 2.05) is 29.2 Å². The molecule has 0 N–H and O–H groups in total. The summed E-state index contributed by atoms with van der Waals surface area (Å²) in [6.45, 7) is 2.94. The number of ether oxygens (including phenoxy) is 2. The number of fused-ring (bicyclic) bond motifs is 2. The van der Waals surface area contributed by atoms with Gasteiger partial charge >= 0.3 is 0 Å². The van der Waals surface area contributed by atoms with Gasteiger partial charge in [0.15, 0.2) is 5.13 Å². The maximum atomic E-state index is 13.0. The zero-order valence-corrected chi connectivity index (χ0v) is 17.4. The summed E-state index contributed by atoms with van der Waals surface area (Å²) >= 11 is 1.65. The molecule has 7 heteroatoms. The van der Waals surface area contributed by atoms with Crippen LogP contribution in [-0.2, 0) is 17.8 Å². The van der Waals surface area contributed by atoms with Crippen LogP contribution in [0.15, 0.2) is 36.4 Å². The number of methoxy groups -OCH3 is 2. The zero-order valence-electron chi connectivity index (χ0n) is 16.6. The Kier molecular flexibility index (Phi) is 4.54. The molecule has 29 heavy (non-hydrogen) atoms. The molecule has 1 aromatic heterocycles. The molecule has 5 rings (SSSR count). The fourth-order valence-corrected chi connectivity index (χ4v) is 5.06. The Morgan fingerprint density at radius 2 is 1.83 bits per heavy atom. The third-order valence-electron chi connectivity index (χ3n) is 5.82. The van der Waals surface area contributed by atoms with Crippen molar-refractivity contribution in [2.75, 3.05) is 38.8 Å². The maximum Gasteiger partial charge on any atom is 0.229 e. The summed E-state index contributed by atoms with van der Waals surface area (Å²) in [7, 11) is 3.36. The minimum atomic E-state index is 0.0522. The molecule has 0 spiro atoms. The maximum absolute atomic E-state index is 13.0. The molecule has 1 fully saturated rings. The number of rotatable bonds is 4. The van der Waals surface area contributed by atoms with Crippen LogP contribution in [0.5, 0.6) is 11.5 Å². The summed E-state index contributed by atoms with van der Waals surface area (Å²) in [6.07, 6.45) is 0.883. The number of nitrogens with zero attached hydrogens (tertiary/aromatic N) is 3. The van der Waals surface area contributed by atoms with Gasteiger partial charge in [0.25, 0.3) is 0 Å². The van der Waals surface area contributed by atoms with E-state index in [1.54, 1.807) is 25.6 Å². The molecule has 2 aromatic carbocycles. The van der Waals surface area contributed by atoms with Crippen molar-refractivity contribution < 1.29 is 14.3 Å². The standard InChI is InChI=1S/C22H23N3O3S/c1-27-17-4-3-15-11-24(8-7-14(15)9-17)21(26)16-12-25(13-16)22-23-19-6-5-18(28-2)10-20(19)29-22/h3-6,9-10,16H,7-8,11-13H2,1-2H3. The van der Waals surface area contributed by atoms with Gasteiger partial charge in [-0.1, -0.05) is 17.4 Å². The summed E-state index contributed by atoms with van der Waals surface area (Å²) in [5.41, 5.74) is 3.49. The molecule has 0 radical (unpaired) electrons. The van der Waals surface area contributed by atoms with Crippen molar-refractivity contribution in [3.05, 3.63) is 47.5 Å². The molecule has 2 aliphatic rings. The molecule has 0 saturated carbocycles. The Labute approximate surface area is 173 Å². The van der Waals surface area contributed by atoms with Crippen molar-refractivity contribution in [3.63, 3.8) is 0 Å². The van der Waals surface area contributed by atoms with Crippen LogP contribution in [-0.4, -0.2) is 49.6 Å². The first-order chi connectivity index (χ1) is 14.1. The van der Waals surface area contributed by atoms with Gasteiger partial charge in [-0.2, -0.15) is 0 Å². The molecule has 1 amide bonds. The number of thiazole rings is 1. The first-order valence-corrected chi connectivity index (χ1v) is 10.6. The fourth-order valence-electron chi connectivity index (χ4n) is 4.05. The minimum Gasteiger partial charge on any atom is -0.497 e. The Bertz CT molecular complexity index is 1070. The lowest BCUT2D eigenvalue weighted by Gasteiger charge is -2.41. The molecule has 6 nitrogen and oxygen atoms in total. The second kappa shape index (κ2) is 7.22. The van der Waals surface area contributed by atoms with Gasteiger partial charge in [-0.3, -0.25) is 4.79 Å². The van der Waals surface area contributed by atoms with Gasteiger partial charge in [0.2, 0.25) is 5.91 Å². The smallest absolute Gasteiger partial charge is 0.229 e. The van der Waals surface area contributed by atoms with Gasteiger partial charge < -0.3 is 19.3 Å². The summed E-state index contributed by atoms with van der Waals surface area (Å²) < 4.78 is 11.7. The van der Waals surface area contributed by atoms with Gasteiger partial charge in [0, 0.05) is 26.2 Å². The van der Waals surface area contributed by atoms with Gasteiger partial charge in [0.05, 0.1) is 30.4 Å². The highest BCUT2D eigenvalue weighted by atomic mass is 32.1. The highest BCUT2D eigenvalue weighted by Crippen LogP contribution is 2.35. The Hall–Kier alpha value is -2.80. The summed E-state index contributed by atoms with van der Waals surface area (Å²) in [4.78, 5) is 21.9. The van der Waals surface area contributed by atoms with Crippen LogP contribution in [0.1, 0.15) is 11.1 Å². The Morgan fingerprint density at radius 1 is 1.07 bits per heavy atom. The summed E-state index contributed by atoms with van der Waals surface area (Å²) in [5, 5.41) is 0.980. The zero-order chi connectivity index (χ0) is 20.0. The third-order valence-corrected chi connectivity index (χ3v) is 6.90. The van der Waals surface area contributed by atoms with Gasteiger partial charge in [-0.05, 0) is 47.9 Å². The lowest BCUT2D eigenvalue weighted by molar-refractivity contribution is -0.137. The van der Waals surface area contributed by atoms with E-state index in [-0.39, 0.29) is 11.8 Å². The SMILES string of the molecule is COc1ccc2c(c1)CCN(C(=O)C1CN(c3nc4ccc(OC)cc4s3)C1)C2. The number of aromatic nitrogens is 1. The van der Waals surface area contributed by atoms with Crippen LogP contribution in [0.2, 0.25) is 0 Å². The quantitative estimate of drug-likeness (QED) is 0.662. The van der Waals surface area contributed by atoms with Crippen molar-refractivity contribution in [1.82, 2.24) is 9.88 Å². The second-order valence-electron chi connectivity index (χ2n) is 7.58. The molecule has 1 saturated heterocycles. The molecule has 0 aliphatic carbocycles. The molecule has 0 atom stereocenters. The molecular weight excluding hydrogens is 386 g/mol. The van der Waals surface area contributed by atoms with Gasteiger partial charge in [-0.15, -0.1) is 0 Å². The van der Waals surface area contributed by atoms with Crippen LogP contribution in [0, 0.1) is 5.92 Å². The molecule has 0 unspecified atom stereocenters. The fraction of sp³-hybridized carbons (Fsp3) is 0.364. The molecule has 2 aliphatic heterocycles. The van der Waals surface area contributed by atoms with E-state index in [4.69, 9.17) is 14.5 Å². The van der Waals surface area contributed by atoms with Crippen molar-refractivity contribution in [2.24, 2.45) is 5.92 Å². The van der Waals surface area contributed by atoms with Crippen LogP contribution in [0.3, 0.4) is 0 Å². The Balaban J connectivity index is 1.23. The molecule has 0 bridgehead atoms. The van der Waals surface area contributed by atoms with Gasteiger partial charge in [-0.25, -0.2) is 4.98 Å². The summed E-state index contributed by atoms with van der Waals surface area (Å²) in [5.74, 6) is 2.03. The summed E-state index contributed by atoms with van der Waals surface area (Å²) in [6, 6.07) is 12.1. The van der Waals surface area contributed by atoms with E-state index in [1.165, 1.54) is 11.1 Å². The topological polar surface area (TPSA) is 54.9 Å². The van der Waals surface area contributed by atoms with Crippen LogP contribution < -0.4 is 14.4 Å². The van der Waals surface area contributed by atoms with Crippen LogP contribution in [0.4, 0.5) is 5.13 Å². The molecular formula is C22H23N3O3S. The first-order valence-electron chi connectivity index (χ1n) is 9.78. The van der Waals surface area contributed by atoms with Crippen molar-refractivity contribution in [2.45, 2.75) is 13.0 Å².